The molecule has 2 aromatic carbocycles. The molecule has 9 nitrogen and oxygen atoms in total. The van der Waals surface area contributed by atoms with Crippen LogP contribution < -0.4 is 9.64 Å². The van der Waals surface area contributed by atoms with Gasteiger partial charge in [-0.2, -0.15) is 10.3 Å². The lowest BCUT2D eigenvalue weighted by Gasteiger charge is -2.32. The molecule has 2 aromatic rings. The van der Waals surface area contributed by atoms with Crippen LogP contribution in [0.25, 0.3) is 6.08 Å². The van der Waals surface area contributed by atoms with Crippen molar-refractivity contribution in [3.8, 4) is 11.8 Å². The highest BCUT2D eigenvalue weighted by Crippen LogP contribution is 2.32. The number of thioether (sulfide) groups is 1. The number of nitriles is 1. The van der Waals surface area contributed by atoms with Gasteiger partial charge in [0.05, 0.1) is 55.0 Å². The first-order valence-corrected chi connectivity index (χ1v) is 11.8. The van der Waals surface area contributed by atoms with E-state index in [-0.39, 0.29) is 18.2 Å². The molecule has 10 heteroatoms. The summed E-state index contributed by atoms with van der Waals surface area (Å²) in [6, 6.07) is 15.9. The third-order valence-electron chi connectivity index (χ3n) is 5.69. The van der Waals surface area contributed by atoms with Crippen molar-refractivity contribution in [1.82, 2.24) is 4.90 Å². The maximum Gasteiger partial charge on any atom is 0.286 e. The van der Waals surface area contributed by atoms with E-state index in [2.05, 4.69) is 16.0 Å². The van der Waals surface area contributed by atoms with Gasteiger partial charge in [0.1, 0.15) is 12.4 Å². The standard InChI is InChI=1S/C24H23N5O4S/c25-10-3-11-27-12-14-28(15-13-27)24-26-23(30)22(34-24)16-19-4-1-2-5-21(19)33-17-18-6-8-20(9-7-18)29(31)32/h1-2,4-9,16H,3,11-15,17H2/p+1/b22-16+. The van der Waals surface area contributed by atoms with Crippen LogP contribution in [0.2, 0.25) is 0 Å². The van der Waals surface area contributed by atoms with Crippen molar-refractivity contribution >= 4 is 34.6 Å². The first kappa shape index (κ1) is 23.5. The molecule has 1 N–H and O–H groups in total. The number of benzene rings is 2. The van der Waals surface area contributed by atoms with E-state index < -0.39 is 4.92 Å². The largest absolute Gasteiger partial charge is 0.488 e. The van der Waals surface area contributed by atoms with Gasteiger partial charge >= 0.3 is 0 Å². The Bertz CT molecular complexity index is 1160. The molecule has 1 saturated heterocycles. The minimum absolute atomic E-state index is 0.0337. The van der Waals surface area contributed by atoms with Crippen molar-refractivity contribution in [2.75, 3.05) is 32.7 Å². The van der Waals surface area contributed by atoms with E-state index in [1.807, 2.05) is 24.3 Å². The molecule has 174 valence electrons. The maximum absolute atomic E-state index is 12.6. The monoisotopic (exact) mass is 478 g/mol. The number of nitrogens with one attached hydrogen (secondary N) is 1. The molecule has 0 atom stereocenters. The Kier molecular flexibility index (Phi) is 7.57. The van der Waals surface area contributed by atoms with Gasteiger partial charge in [0.2, 0.25) is 0 Å². The Balaban J connectivity index is 1.38. The first-order chi connectivity index (χ1) is 16.5. The molecule has 0 bridgehead atoms. The summed E-state index contributed by atoms with van der Waals surface area (Å²) in [5.41, 5.74) is 1.61. The Morgan fingerprint density at radius 3 is 2.65 bits per heavy atom. The number of aliphatic imine (C=N–C) groups is 1. The van der Waals surface area contributed by atoms with Crippen molar-refractivity contribution in [2.45, 2.75) is 13.0 Å². The van der Waals surface area contributed by atoms with Gasteiger partial charge < -0.3 is 14.5 Å². The lowest BCUT2D eigenvalue weighted by Crippen LogP contribution is -3.14. The second-order valence-electron chi connectivity index (χ2n) is 7.96. The average molecular weight is 479 g/mol. The molecular formula is C24H24N5O4S+. The van der Waals surface area contributed by atoms with Crippen molar-refractivity contribution < 1.29 is 19.4 Å². The van der Waals surface area contributed by atoms with Crippen LogP contribution in [0.4, 0.5) is 5.69 Å². The SMILES string of the molecule is N#CCC[NH+]1CCN(C2=NC(=O)/C(=C\c3ccccc3OCc3ccc([N+](=O)[O-])cc3)S2)CC1. The minimum atomic E-state index is -0.436. The number of para-hydroxylation sites is 1. The van der Waals surface area contributed by atoms with Crippen molar-refractivity contribution in [2.24, 2.45) is 4.99 Å². The van der Waals surface area contributed by atoms with E-state index in [0.717, 1.165) is 49.0 Å². The lowest BCUT2D eigenvalue weighted by molar-refractivity contribution is -0.903. The van der Waals surface area contributed by atoms with E-state index in [9.17, 15) is 14.9 Å². The molecule has 0 spiro atoms. The van der Waals surface area contributed by atoms with Crippen LogP contribution in [0.5, 0.6) is 5.75 Å². The number of hydrogen-bond donors (Lipinski definition) is 1. The van der Waals surface area contributed by atoms with E-state index in [4.69, 9.17) is 10.00 Å². The third-order valence-corrected chi connectivity index (χ3v) is 6.73. The fraction of sp³-hybridized carbons (Fsp3) is 0.292. The minimum Gasteiger partial charge on any atom is -0.488 e. The number of non-ortho nitro benzene ring substituents is 1. The van der Waals surface area contributed by atoms with E-state index in [1.54, 1.807) is 18.2 Å². The normalized spacial score (nSPS) is 17.5. The van der Waals surface area contributed by atoms with E-state index in [0.29, 0.717) is 17.1 Å². The van der Waals surface area contributed by atoms with Crippen LogP contribution in [0.15, 0.2) is 58.4 Å². The molecule has 1 amide bonds. The molecule has 2 aliphatic heterocycles. The Morgan fingerprint density at radius 1 is 1.21 bits per heavy atom. The predicted octanol–water partition coefficient (Wildman–Crippen LogP) is 2.26. The van der Waals surface area contributed by atoms with Gasteiger partial charge in [-0.25, -0.2) is 0 Å². The molecule has 34 heavy (non-hydrogen) atoms. The number of amidine groups is 1. The summed E-state index contributed by atoms with van der Waals surface area (Å²) in [4.78, 5) is 31.3. The smallest absolute Gasteiger partial charge is 0.286 e. The number of piperazine rings is 1. The number of amides is 1. The number of nitro groups is 1. The highest BCUT2D eigenvalue weighted by molar-refractivity contribution is 8.18. The number of hydrogen-bond acceptors (Lipinski definition) is 7. The number of ether oxygens (including phenoxy) is 1. The molecule has 2 aliphatic rings. The number of nitro benzene ring substituents is 1. The van der Waals surface area contributed by atoms with Crippen LogP contribution in [0.3, 0.4) is 0 Å². The van der Waals surface area contributed by atoms with Gasteiger partial charge in [-0.3, -0.25) is 14.9 Å². The van der Waals surface area contributed by atoms with Crippen molar-refractivity contribution in [3.63, 3.8) is 0 Å². The van der Waals surface area contributed by atoms with Crippen molar-refractivity contribution in [1.29, 1.82) is 5.26 Å². The number of carbonyl (C=O) groups excluding carboxylic acids is 1. The highest BCUT2D eigenvalue weighted by atomic mass is 32.2. The quantitative estimate of drug-likeness (QED) is 0.369. The summed E-state index contributed by atoms with van der Waals surface area (Å²) in [6.45, 7) is 4.57. The summed E-state index contributed by atoms with van der Waals surface area (Å²) in [5.74, 6) is 0.356. The molecule has 0 saturated carbocycles. The number of quaternary nitrogens is 1. The zero-order chi connectivity index (χ0) is 23.9. The van der Waals surface area contributed by atoms with E-state index in [1.165, 1.54) is 28.8 Å². The summed E-state index contributed by atoms with van der Waals surface area (Å²) < 4.78 is 5.95. The summed E-state index contributed by atoms with van der Waals surface area (Å²) in [6.07, 6.45) is 2.35. The Morgan fingerprint density at radius 2 is 1.94 bits per heavy atom. The Labute approximate surface area is 201 Å². The second-order valence-corrected chi connectivity index (χ2v) is 8.96. The van der Waals surface area contributed by atoms with Gasteiger partial charge in [0.15, 0.2) is 5.17 Å². The molecule has 0 radical (unpaired) electrons. The average Bonchev–Trinajstić information content (AvgIpc) is 3.22. The summed E-state index contributed by atoms with van der Waals surface area (Å²) in [5, 5.41) is 20.3. The molecule has 1 fully saturated rings. The second kappa shape index (κ2) is 11.0. The van der Waals surface area contributed by atoms with Gasteiger partial charge in [-0.1, -0.05) is 18.2 Å². The molecule has 0 aliphatic carbocycles. The third kappa shape index (κ3) is 5.81. The summed E-state index contributed by atoms with van der Waals surface area (Å²) >= 11 is 1.37. The van der Waals surface area contributed by atoms with Gasteiger partial charge in [0, 0.05) is 17.7 Å². The van der Waals surface area contributed by atoms with Crippen LogP contribution >= 0.6 is 11.8 Å². The summed E-state index contributed by atoms with van der Waals surface area (Å²) in [7, 11) is 0. The molecular weight excluding hydrogens is 454 g/mol. The van der Waals surface area contributed by atoms with Gasteiger partial charge in [-0.05, 0) is 41.6 Å². The van der Waals surface area contributed by atoms with Crippen LogP contribution in [0, 0.1) is 21.4 Å². The van der Waals surface area contributed by atoms with Gasteiger partial charge in [-0.15, -0.1) is 0 Å². The lowest BCUT2D eigenvalue weighted by atomic mass is 10.1. The highest BCUT2D eigenvalue weighted by Gasteiger charge is 2.29. The fourth-order valence-electron chi connectivity index (χ4n) is 3.78. The van der Waals surface area contributed by atoms with Crippen molar-refractivity contribution in [3.05, 3.63) is 74.7 Å². The van der Waals surface area contributed by atoms with Crippen LogP contribution in [-0.4, -0.2) is 53.6 Å². The predicted molar refractivity (Wildman–Crippen MR) is 129 cm³/mol. The fourth-order valence-corrected chi connectivity index (χ4v) is 4.73. The zero-order valence-electron chi connectivity index (χ0n) is 18.5. The molecule has 2 heterocycles. The van der Waals surface area contributed by atoms with Gasteiger partial charge in [0.25, 0.3) is 11.6 Å². The number of nitrogens with zero attached hydrogens (tertiary/aromatic N) is 4. The number of rotatable bonds is 7. The molecule has 0 unspecified atom stereocenters. The maximum atomic E-state index is 12.6. The molecule has 4 rings (SSSR count). The van der Waals surface area contributed by atoms with Crippen LogP contribution in [-0.2, 0) is 11.4 Å². The van der Waals surface area contributed by atoms with E-state index >= 15 is 0 Å². The zero-order valence-corrected chi connectivity index (χ0v) is 19.3. The topological polar surface area (TPSA) is 113 Å². The first-order valence-electron chi connectivity index (χ1n) is 11.0. The molecule has 0 aromatic heterocycles. The number of carbonyl (C=O) groups is 1. The van der Waals surface area contributed by atoms with Crippen LogP contribution in [0.1, 0.15) is 17.5 Å². The Hall–Kier alpha value is -3.68.